The summed E-state index contributed by atoms with van der Waals surface area (Å²) in [7, 11) is 1.69. The number of carbonyl (C=O) groups excluding carboxylic acids is 1. The minimum atomic E-state index is 0.168. The summed E-state index contributed by atoms with van der Waals surface area (Å²) in [5, 5.41) is 3.77. The fraction of sp³-hybridized carbons (Fsp3) is 0.520. The summed E-state index contributed by atoms with van der Waals surface area (Å²) in [4.78, 5) is 20.5. The van der Waals surface area contributed by atoms with Crippen molar-refractivity contribution < 1.29 is 9.53 Å². The third kappa shape index (κ3) is 3.20. The van der Waals surface area contributed by atoms with E-state index in [1.807, 2.05) is 30.3 Å². The Kier molecular flexibility index (Phi) is 5.02. The van der Waals surface area contributed by atoms with Gasteiger partial charge in [0, 0.05) is 59.5 Å². The molecule has 158 valence electrons. The molecule has 3 heterocycles. The van der Waals surface area contributed by atoms with E-state index in [1.54, 1.807) is 13.3 Å². The van der Waals surface area contributed by atoms with Crippen molar-refractivity contribution in [1.82, 2.24) is 15.2 Å². The van der Waals surface area contributed by atoms with Gasteiger partial charge in [-0.2, -0.15) is 0 Å². The number of nitrogens with zero attached hydrogens (tertiary/aromatic N) is 2. The molecule has 1 amide bonds. The molecule has 30 heavy (non-hydrogen) atoms. The molecule has 3 fully saturated rings. The Balaban J connectivity index is 1.42. The summed E-state index contributed by atoms with van der Waals surface area (Å²) in [5.41, 5.74) is 2.93. The number of piperidine rings is 1. The van der Waals surface area contributed by atoms with Crippen LogP contribution in [0, 0.1) is 5.41 Å². The summed E-state index contributed by atoms with van der Waals surface area (Å²) in [6.07, 6.45) is 8.38. The number of likely N-dealkylation sites (tertiary alicyclic amines) is 1. The second kappa shape index (κ2) is 7.69. The maximum atomic E-state index is 13.7. The van der Waals surface area contributed by atoms with E-state index in [4.69, 9.17) is 4.74 Å². The Morgan fingerprint density at radius 3 is 2.97 bits per heavy atom. The van der Waals surface area contributed by atoms with Crippen LogP contribution in [0.25, 0.3) is 0 Å². The van der Waals surface area contributed by atoms with Gasteiger partial charge >= 0.3 is 0 Å². The first-order chi connectivity index (χ1) is 14.6. The van der Waals surface area contributed by atoms with Crippen LogP contribution in [0.1, 0.15) is 60.6 Å². The number of para-hydroxylation sites is 1. The van der Waals surface area contributed by atoms with Crippen LogP contribution >= 0.6 is 0 Å². The van der Waals surface area contributed by atoms with Gasteiger partial charge in [0.05, 0.1) is 7.11 Å². The van der Waals surface area contributed by atoms with E-state index in [0.29, 0.717) is 24.5 Å². The van der Waals surface area contributed by atoms with Gasteiger partial charge in [-0.05, 0) is 37.5 Å². The lowest BCUT2D eigenvalue weighted by Gasteiger charge is -2.39. The highest BCUT2D eigenvalue weighted by molar-refractivity contribution is 5.95. The molecule has 2 saturated heterocycles. The minimum Gasteiger partial charge on any atom is -0.496 e. The molecular weight excluding hydrogens is 374 g/mol. The van der Waals surface area contributed by atoms with Crippen molar-refractivity contribution in [3.8, 4) is 5.75 Å². The van der Waals surface area contributed by atoms with Crippen molar-refractivity contribution in [2.24, 2.45) is 5.41 Å². The Morgan fingerprint density at radius 2 is 2.10 bits per heavy atom. The molecular formula is C25H31N3O2. The fourth-order valence-electron chi connectivity index (χ4n) is 6.17. The topological polar surface area (TPSA) is 54.5 Å². The summed E-state index contributed by atoms with van der Waals surface area (Å²) < 4.78 is 5.48. The van der Waals surface area contributed by atoms with Crippen molar-refractivity contribution in [3.63, 3.8) is 0 Å². The summed E-state index contributed by atoms with van der Waals surface area (Å²) in [6.45, 7) is 3.32. The number of hydrogen-bond acceptors (Lipinski definition) is 4. The second-order valence-electron chi connectivity index (χ2n) is 9.36. The normalized spacial score (nSPS) is 30.1. The van der Waals surface area contributed by atoms with Crippen LogP contribution < -0.4 is 10.1 Å². The van der Waals surface area contributed by atoms with Gasteiger partial charge in [0.1, 0.15) is 5.75 Å². The van der Waals surface area contributed by atoms with Crippen LogP contribution in [0.5, 0.6) is 5.75 Å². The number of pyridine rings is 1. The summed E-state index contributed by atoms with van der Waals surface area (Å²) in [6, 6.07) is 13.0. The first kappa shape index (κ1) is 19.6. The smallest absolute Gasteiger partial charge is 0.254 e. The van der Waals surface area contributed by atoms with Gasteiger partial charge in [-0.15, -0.1) is 0 Å². The maximum absolute atomic E-state index is 13.7. The van der Waals surface area contributed by atoms with Gasteiger partial charge in [0.2, 0.25) is 0 Å². The number of ether oxygens (including phenoxy) is 1. The lowest BCUT2D eigenvalue weighted by molar-refractivity contribution is 0.0628. The number of nitrogens with one attached hydrogen (secondary N) is 1. The average molecular weight is 406 g/mol. The van der Waals surface area contributed by atoms with Gasteiger partial charge in [-0.25, -0.2) is 0 Å². The maximum Gasteiger partial charge on any atom is 0.254 e. The quantitative estimate of drug-likeness (QED) is 0.840. The number of amides is 1. The first-order valence-corrected chi connectivity index (χ1v) is 11.2. The molecule has 5 heteroatoms. The third-order valence-corrected chi connectivity index (χ3v) is 7.64. The van der Waals surface area contributed by atoms with Crippen molar-refractivity contribution in [3.05, 3.63) is 59.4 Å². The van der Waals surface area contributed by atoms with Crippen molar-refractivity contribution >= 4 is 5.91 Å². The van der Waals surface area contributed by atoms with Crippen molar-refractivity contribution in [1.29, 1.82) is 0 Å². The van der Waals surface area contributed by atoms with Gasteiger partial charge in [-0.3, -0.25) is 9.78 Å². The van der Waals surface area contributed by atoms with Crippen LogP contribution in [0.15, 0.2) is 42.6 Å². The predicted molar refractivity (Wildman–Crippen MR) is 117 cm³/mol. The molecule has 4 atom stereocenters. The standard InChI is InChI=1S/C25H31N3O2/c1-25-15-20-16-27-22(25)9-5-6-10-23(25)28(20)24(29)18-11-12-26-19(14-18)13-17-7-3-4-8-21(17)30-2/h3-4,7-8,11-12,14,20,22-23,27H,5-6,9-10,13,15-16H2,1-2H3/t20-,22+,23-,25+/m0/s1. The highest BCUT2D eigenvalue weighted by Crippen LogP contribution is 2.50. The van der Waals surface area contributed by atoms with Gasteiger partial charge in [-0.1, -0.05) is 38.0 Å². The minimum absolute atomic E-state index is 0.168. The molecule has 0 unspecified atom stereocenters. The average Bonchev–Trinajstić information content (AvgIpc) is 2.87. The van der Waals surface area contributed by atoms with Crippen molar-refractivity contribution in [2.45, 2.75) is 63.6 Å². The van der Waals surface area contributed by atoms with E-state index < -0.39 is 0 Å². The third-order valence-electron chi connectivity index (χ3n) is 7.64. The molecule has 1 aliphatic carbocycles. The number of benzene rings is 1. The molecule has 1 aromatic carbocycles. The largest absolute Gasteiger partial charge is 0.496 e. The van der Waals surface area contributed by atoms with E-state index in [0.717, 1.165) is 42.0 Å². The number of rotatable bonds is 4. The Hall–Kier alpha value is -2.40. The highest BCUT2D eigenvalue weighted by atomic mass is 16.5. The molecule has 2 aromatic rings. The van der Waals surface area contributed by atoms with Gasteiger partial charge in [0.25, 0.3) is 5.91 Å². The van der Waals surface area contributed by atoms with Crippen LogP contribution in [0.4, 0.5) is 0 Å². The zero-order valence-corrected chi connectivity index (χ0v) is 17.9. The van der Waals surface area contributed by atoms with Crippen LogP contribution in [0.2, 0.25) is 0 Å². The molecule has 0 radical (unpaired) electrons. The van der Waals surface area contributed by atoms with E-state index >= 15 is 0 Å². The number of methoxy groups -OCH3 is 1. The zero-order valence-electron chi connectivity index (χ0n) is 17.9. The van der Waals surface area contributed by atoms with E-state index in [2.05, 4.69) is 28.2 Å². The van der Waals surface area contributed by atoms with Gasteiger partial charge < -0.3 is 15.0 Å². The first-order valence-electron chi connectivity index (χ1n) is 11.2. The lowest BCUT2D eigenvalue weighted by Crippen LogP contribution is -2.51. The lowest BCUT2D eigenvalue weighted by atomic mass is 9.72. The van der Waals surface area contributed by atoms with E-state index in [1.165, 1.54) is 19.3 Å². The number of hydrogen-bond donors (Lipinski definition) is 1. The monoisotopic (exact) mass is 405 g/mol. The SMILES string of the molecule is COc1ccccc1Cc1cc(C(=O)N2[C@@H]3CN[C@@H]4CCCC[C@H]2[C@]4(C)C3)ccn1. The molecule has 2 bridgehead atoms. The Bertz CT molecular complexity index is 945. The summed E-state index contributed by atoms with van der Waals surface area (Å²) in [5.74, 6) is 1.02. The highest BCUT2D eigenvalue weighted by Gasteiger charge is 2.57. The number of carbonyl (C=O) groups is 1. The van der Waals surface area contributed by atoms with E-state index in [-0.39, 0.29) is 11.3 Å². The fourth-order valence-corrected chi connectivity index (χ4v) is 6.17. The van der Waals surface area contributed by atoms with E-state index in [9.17, 15) is 4.79 Å². The number of fused-ring (bicyclic) bond motifs is 1. The summed E-state index contributed by atoms with van der Waals surface area (Å²) >= 11 is 0. The zero-order chi connectivity index (χ0) is 20.7. The molecule has 1 aromatic heterocycles. The van der Waals surface area contributed by atoms with Gasteiger partial charge in [0.15, 0.2) is 0 Å². The number of aromatic nitrogens is 1. The molecule has 1 saturated carbocycles. The van der Waals surface area contributed by atoms with Crippen LogP contribution in [-0.2, 0) is 6.42 Å². The van der Waals surface area contributed by atoms with Crippen LogP contribution in [0.3, 0.4) is 0 Å². The molecule has 2 aliphatic heterocycles. The molecule has 5 rings (SSSR count). The second-order valence-corrected chi connectivity index (χ2v) is 9.36. The predicted octanol–water partition coefficient (Wildman–Crippen LogP) is 3.82. The Morgan fingerprint density at radius 1 is 1.27 bits per heavy atom. The molecule has 0 spiro atoms. The molecule has 3 aliphatic rings. The molecule has 5 nitrogen and oxygen atoms in total. The van der Waals surface area contributed by atoms with Crippen LogP contribution in [-0.4, -0.2) is 47.6 Å². The van der Waals surface area contributed by atoms with Crippen molar-refractivity contribution in [2.75, 3.05) is 13.7 Å². The Labute approximate surface area is 178 Å². The molecule has 1 N–H and O–H groups in total.